The highest BCUT2D eigenvalue weighted by Gasteiger charge is 2.31. The van der Waals surface area contributed by atoms with E-state index in [1.54, 1.807) is 6.07 Å². The van der Waals surface area contributed by atoms with Crippen LogP contribution in [0.15, 0.2) is 66.7 Å². The second-order valence-corrected chi connectivity index (χ2v) is 8.90. The maximum Gasteiger partial charge on any atom is 0.328 e. The van der Waals surface area contributed by atoms with Gasteiger partial charge in [0.2, 0.25) is 0 Å². The maximum atomic E-state index is 13.0. The molecule has 3 aromatic carbocycles. The standard InChI is InChI=1S/C26H29NO4/c1-25(2,17-16-18-10-6-5-7-11-18)31-22-20-13-9-8-12-19(20)14-15-21(22)23(28)27-26(3,4)24(29)30/h5-15H,16-17H2,1-4H3,(H,27,28)(H,29,30). The summed E-state index contributed by atoms with van der Waals surface area (Å²) in [6.45, 7) is 6.92. The van der Waals surface area contributed by atoms with Gasteiger partial charge in [-0.3, -0.25) is 4.79 Å². The Balaban J connectivity index is 1.94. The topological polar surface area (TPSA) is 75.6 Å². The normalized spacial score (nSPS) is 11.9. The molecule has 0 bridgehead atoms. The number of carboxylic acids is 1. The first-order valence-electron chi connectivity index (χ1n) is 10.4. The molecule has 0 saturated carbocycles. The zero-order valence-corrected chi connectivity index (χ0v) is 18.4. The minimum Gasteiger partial charge on any atom is -0.486 e. The van der Waals surface area contributed by atoms with Gasteiger partial charge in [0.1, 0.15) is 16.9 Å². The van der Waals surface area contributed by atoms with Crippen LogP contribution in [0.2, 0.25) is 0 Å². The molecule has 0 atom stereocenters. The summed E-state index contributed by atoms with van der Waals surface area (Å²) in [6.07, 6.45) is 1.59. The van der Waals surface area contributed by atoms with Crippen molar-refractivity contribution in [2.24, 2.45) is 0 Å². The van der Waals surface area contributed by atoms with Crippen molar-refractivity contribution in [3.05, 3.63) is 77.9 Å². The highest BCUT2D eigenvalue weighted by molar-refractivity contribution is 6.05. The van der Waals surface area contributed by atoms with Crippen molar-refractivity contribution in [1.82, 2.24) is 5.32 Å². The lowest BCUT2D eigenvalue weighted by Gasteiger charge is -2.29. The van der Waals surface area contributed by atoms with Crippen LogP contribution in [-0.4, -0.2) is 28.1 Å². The lowest BCUT2D eigenvalue weighted by molar-refractivity contribution is -0.143. The molecule has 3 aromatic rings. The Morgan fingerprint density at radius 3 is 2.23 bits per heavy atom. The van der Waals surface area contributed by atoms with E-state index < -0.39 is 23.0 Å². The van der Waals surface area contributed by atoms with Gasteiger partial charge in [0.25, 0.3) is 5.91 Å². The molecule has 5 heteroatoms. The summed E-state index contributed by atoms with van der Waals surface area (Å²) in [5.41, 5.74) is -0.403. The van der Waals surface area contributed by atoms with Crippen LogP contribution in [-0.2, 0) is 11.2 Å². The first-order chi connectivity index (χ1) is 14.6. The molecule has 0 aliphatic carbocycles. The largest absolute Gasteiger partial charge is 0.486 e. The van der Waals surface area contributed by atoms with Gasteiger partial charge in [-0.2, -0.15) is 0 Å². The van der Waals surface area contributed by atoms with E-state index in [2.05, 4.69) is 17.4 Å². The smallest absolute Gasteiger partial charge is 0.328 e. The Hall–Kier alpha value is -3.34. The maximum absolute atomic E-state index is 13.0. The molecule has 1 amide bonds. The SMILES string of the molecule is CC(C)(CCc1ccccc1)Oc1c(C(=O)NC(C)(C)C(=O)O)ccc2ccccc12. The van der Waals surface area contributed by atoms with E-state index in [9.17, 15) is 14.7 Å². The lowest BCUT2D eigenvalue weighted by Crippen LogP contribution is -2.49. The number of carboxylic acid groups (broad SMARTS) is 1. The lowest BCUT2D eigenvalue weighted by atomic mass is 9.97. The van der Waals surface area contributed by atoms with Crippen LogP contribution in [0.25, 0.3) is 10.8 Å². The van der Waals surface area contributed by atoms with Crippen LogP contribution in [0.1, 0.15) is 50.0 Å². The number of aryl methyl sites for hydroxylation is 1. The van der Waals surface area contributed by atoms with Crippen LogP contribution in [0.4, 0.5) is 0 Å². The van der Waals surface area contributed by atoms with Gasteiger partial charge in [-0.05, 0) is 57.6 Å². The molecule has 31 heavy (non-hydrogen) atoms. The number of rotatable bonds is 8. The fourth-order valence-corrected chi connectivity index (χ4v) is 3.35. The number of aliphatic carboxylic acids is 1. The molecule has 5 nitrogen and oxygen atoms in total. The van der Waals surface area contributed by atoms with Gasteiger partial charge in [0.05, 0.1) is 5.56 Å². The van der Waals surface area contributed by atoms with Crippen molar-refractivity contribution in [2.45, 2.75) is 51.7 Å². The molecule has 0 spiro atoms. The Morgan fingerprint density at radius 2 is 1.55 bits per heavy atom. The fraction of sp³-hybridized carbons (Fsp3) is 0.308. The van der Waals surface area contributed by atoms with Gasteiger partial charge in [-0.25, -0.2) is 4.79 Å². The van der Waals surface area contributed by atoms with Crippen LogP contribution < -0.4 is 10.1 Å². The molecule has 0 aliphatic heterocycles. The third-order valence-electron chi connectivity index (χ3n) is 5.32. The molecule has 3 rings (SSSR count). The molecule has 0 aliphatic rings. The quantitative estimate of drug-likeness (QED) is 0.525. The first kappa shape index (κ1) is 22.3. The molecule has 0 aromatic heterocycles. The Labute approximate surface area is 183 Å². The molecule has 162 valence electrons. The van der Waals surface area contributed by atoms with E-state index in [0.29, 0.717) is 11.3 Å². The molecule has 0 unspecified atom stereocenters. The second-order valence-electron chi connectivity index (χ2n) is 8.90. The van der Waals surface area contributed by atoms with E-state index in [-0.39, 0.29) is 0 Å². The molecule has 0 saturated heterocycles. The van der Waals surface area contributed by atoms with E-state index in [4.69, 9.17) is 4.74 Å². The highest BCUT2D eigenvalue weighted by atomic mass is 16.5. The van der Waals surface area contributed by atoms with E-state index >= 15 is 0 Å². The van der Waals surface area contributed by atoms with Gasteiger partial charge in [0, 0.05) is 5.39 Å². The summed E-state index contributed by atoms with van der Waals surface area (Å²) in [4.78, 5) is 24.5. The molecule has 0 heterocycles. The number of fused-ring (bicyclic) bond motifs is 1. The molecule has 0 fully saturated rings. The summed E-state index contributed by atoms with van der Waals surface area (Å²) in [7, 11) is 0. The second kappa shape index (κ2) is 8.80. The van der Waals surface area contributed by atoms with Crippen molar-refractivity contribution < 1.29 is 19.4 Å². The Morgan fingerprint density at radius 1 is 0.903 bits per heavy atom. The molecular formula is C26H29NO4. The minimum atomic E-state index is -1.40. The molecule has 2 N–H and O–H groups in total. The third-order valence-corrected chi connectivity index (χ3v) is 5.32. The number of hydrogen-bond donors (Lipinski definition) is 2. The predicted molar refractivity (Wildman–Crippen MR) is 123 cm³/mol. The average Bonchev–Trinajstić information content (AvgIpc) is 2.72. The van der Waals surface area contributed by atoms with Crippen LogP contribution in [0, 0.1) is 0 Å². The van der Waals surface area contributed by atoms with E-state index in [0.717, 1.165) is 23.6 Å². The number of carbonyl (C=O) groups is 2. The molecular weight excluding hydrogens is 390 g/mol. The van der Waals surface area contributed by atoms with Gasteiger partial charge in [0.15, 0.2) is 0 Å². The predicted octanol–water partition coefficient (Wildman–Crippen LogP) is 5.22. The molecule has 0 radical (unpaired) electrons. The fourth-order valence-electron chi connectivity index (χ4n) is 3.35. The van der Waals surface area contributed by atoms with E-state index in [1.807, 2.05) is 62.4 Å². The van der Waals surface area contributed by atoms with Gasteiger partial charge >= 0.3 is 5.97 Å². The van der Waals surface area contributed by atoms with E-state index in [1.165, 1.54) is 19.4 Å². The van der Waals surface area contributed by atoms with Crippen molar-refractivity contribution in [2.75, 3.05) is 0 Å². The van der Waals surface area contributed by atoms with Crippen molar-refractivity contribution in [3.8, 4) is 5.75 Å². The number of benzene rings is 3. The summed E-state index contributed by atoms with van der Waals surface area (Å²) >= 11 is 0. The van der Waals surface area contributed by atoms with Crippen LogP contribution >= 0.6 is 0 Å². The first-order valence-corrected chi connectivity index (χ1v) is 10.4. The third kappa shape index (κ3) is 5.43. The Kier molecular flexibility index (Phi) is 6.34. The van der Waals surface area contributed by atoms with Crippen molar-refractivity contribution in [1.29, 1.82) is 0 Å². The zero-order valence-electron chi connectivity index (χ0n) is 18.4. The number of nitrogens with one attached hydrogen (secondary N) is 1. The monoisotopic (exact) mass is 419 g/mol. The number of ether oxygens (including phenoxy) is 1. The summed E-state index contributed by atoms with van der Waals surface area (Å²) in [5.74, 6) is -1.12. The van der Waals surface area contributed by atoms with Crippen LogP contribution in [0.3, 0.4) is 0 Å². The summed E-state index contributed by atoms with van der Waals surface area (Å²) in [6, 6.07) is 21.4. The summed E-state index contributed by atoms with van der Waals surface area (Å²) < 4.78 is 6.46. The van der Waals surface area contributed by atoms with Gasteiger partial charge in [-0.15, -0.1) is 0 Å². The van der Waals surface area contributed by atoms with Crippen molar-refractivity contribution >= 4 is 22.6 Å². The highest BCUT2D eigenvalue weighted by Crippen LogP contribution is 2.34. The van der Waals surface area contributed by atoms with Crippen LogP contribution in [0.5, 0.6) is 5.75 Å². The summed E-state index contributed by atoms with van der Waals surface area (Å²) in [5, 5.41) is 13.8. The number of amides is 1. The zero-order chi connectivity index (χ0) is 22.6. The number of hydrogen-bond acceptors (Lipinski definition) is 3. The minimum absolute atomic E-state index is 0.320. The van der Waals surface area contributed by atoms with Gasteiger partial charge < -0.3 is 15.2 Å². The number of carbonyl (C=O) groups excluding carboxylic acids is 1. The van der Waals surface area contributed by atoms with Crippen molar-refractivity contribution in [3.63, 3.8) is 0 Å². The van der Waals surface area contributed by atoms with Gasteiger partial charge in [-0.1, -0.05) is 60.7 Å². The average molecular weight is 420 g/mol. The Bertz CT molecular complexity index is 1090.